The quantitative estimate of drug-likeness (QED) is 0.339. The van der Waals surface area contributed by atoms with E-state index in [0.29, 0.717) is 0 Å². The van der Waals surface area contributed by atoms with Crippen LogP contribution in [0.1, 0.15) is 24.1 Å². The third-order valence-corrected chi connectivity index (χ3v) is 5.21. The zero-order valence-electron chi connectivity index (χ0n) is 15.2. The first-order valence-corrected chi connectivity index (χ1v) is 9.67. The third-order valence-electron chi connectivity index (χ3n) is 3.93. The second kappa shape index (κ2) is 8.74. The maximum atomic E-state index is 12.3. The van der Waals surface area contributed by atoms with Crippen LogP contribution in [0, 0.1) is 17.0 Å². The minimum Gasteiger partial charge on any atom is -0.358 e. The van der Waals surface area contributed by atoms with Crippen molar-refractivity contribution in [3.05, 3.63) is 57.8 Å². The van der Waals surface area contributed by atoms with E-state index in [1.54, 1.807) is 19.1 Å². The van der Waals surface area contributed by atoms with E-state index in [1.807, 2.05) is 0 Å². The summed E-state index contributed by atoms with van der Waals surface area (Å²) in [7, 11) is -4.18. The molecule has 0 atom stereocenters. The first kappa shape index (κ1) is 22.6. The molecule has 0 spiro atoms. The lowest BCUT2D eigenvalue weighted by molar-refractivity contribution is -0.392. The van der Waals surface area contributed by atoms with Gasteiger partial charge in [-0.05, 0) is 30.0 Å². The topological polar surface area (TPSA) is 109 Å². The van der Waals surface area contributed by atoms with Crippen molar-refractivity contribution in [1.29, 1.82) is 0 Å². The van der Waals surface area contributed by atoms with Crippen molar-refractivity contribution in [2.75, 3.05) is 0 Å². The molecule has 2 rings (SSSR count). The van der Waals surface area contributed by atoms with Gasteiger partial charge >= 0.3 is 12.0 Å². The number of nitrogens with zero attached hydrogens (tertiary/aromatic N) is 2. The van der Waals surface area contributed by atoms with Crippen LogP contribution in [0.4, 0.5) is 19.0 Å². The van der Waals surface area contributed by atoms with Gasteiger partial charge in [-0.25, -0.2) is 4.57 Å². The highest BCUT2D eigenvalue weighted by Crippen LogP contribution is 2.24. The number of ketones is 1. The first-order valence-electron chi connectivity index (χ1n) is 8.26. The summed E-state index contributed by atoms with van der Waals surface area (Å²) < 4.78 is 67.0. The zero-order chi connectivity index (χ0) is 21.8. The molecule has 2 aromatic rings. The molecule has 0 unspecified atom stereocenters. The molecule has 0 saturated carbocycles. The maximum Gasteiger partial charge on any atom is 0.389 e. The van der Waals surface area contributed by atoms with Crippen molar-refractivity contribution < 1.29 is 35.5 Å². The molecule has 0 radical (unpaired) electrons. The summed E-state index contributed by atoms with van der Waals surface area (Å²) in [5.41, 5.74) is 0.790. The number of carbonyl (C=O) groups is 1. The minimum atomic E-state index is -4.54. The molecular formula is C17H17F3N2O6S. The molecule has 0 bridgehead atoms. The average molecular weight is 434 g/mol. The van der Waals surface area contributed by atoms with E-state index in [4.69, 9.17) is 4.18 Å². The Morgan fingerprint density at radius 3 is 2.34 bits per heavy atom. The van der Waals surface area contributed by atoms with Crippen LogP contribution in [0.25, 0.3) is 0 Å². The normalized spacial score (nSPS) is 12.1. The van der Waals surface area contributed by atoms with Crippen LogP contribution >= 0.6 is 0 Å². The van der Waals surface area contributed by atoms with E-state index in [-0.39, 0.29) is 10.6 Å². The molecule has 158 valence electrons. The number of aryl methyl sites for hydroxylation is 1. The molecule has 1 aromatic carbocycles. The Morgan fingerprint density at radius 1 is 1.17 bits per heavy atom. The number of benzene rings is 1. The second-order valence-electron chi connectivity index (χ2n) is 6.21. The first-order chi connectivity index (χ1) is 13.4. The maximum absolute atomic E-state index is 12.3. The molecule has 0 aliphatic carbocycles. The number of hydrogen-bond acceptors (Lipinski definition) is 6. The Balaban J connectivity index is 2.17. The van der Waals surface area contributed by atoms with E-state index in [2.05, 4.69) is 0 Å². The highest BCUT2D eigenvalue weighted by atomic mass is 32.2. The van der Waals surface area contributed by atoms with Gasteiger partial charge in [-0.2, -0.15) is 21.6 Å². The highest BCUT2D eigenvalue weighted by molar-refractivity contribution is 7.86. The van der Waals surface area contributed by atoms with E-state index in [9.17, 15) is 36.5 Å². The second-order valence-corrected chi connectivity index (χ2v) is 7.82. The lowest BCUT2D eigenvalue weighted by atomic mass is 10.2. The molecule has 29 heavy (non-hydrogen) atoms. The van der Waals surface area contributed by atoms with Gasteiger partial charge in [-0.3, -0.25) is 8.98 Å². The number of carbonyl (C=O) groups excluding carboxylic acids is 1. The van der Waals surface area contributed by atoms with Gasteiger partial charge in [0.2, 0.25) is 0 Å². The standard InChI is InChI=1S/C17H17F3N2O6S/c1-12-2-5-15(6-3-12)29(26,27)28-11-13-4-7-16(22(24)25)21(13)10-14(23)8-9-17(18,19)20/h2-7H,8-11H2,1H3. The van der Waals surface area contributed by atoms with Crippen LogP contribution in [-0.2, 0) is 32.2 Å². The van der Waals surface area contributed by atoms with Crippen molar-refractivity contribution in [3.8, 4) is 0 Å². The van der Waals surface area contributed by atoms with Gasteiger partial charge in [-0.1, -0.05) is 17.7 Å². The van der Waals surface area contributed by atoms with Gasteiger partial charge in [0.25, 0.3) is 10.1 Å². The van der Waals surface area contributed by atoms with E-state index in [0.717, 1.165) is 16.2 Å². The van der Waals surface area contributed by atoms with Crippen molar-refractivity contribution in [3.63, 3.8) is 0 Å². The van der Waals surface area contributed by atoms with Crippen LogP contribution < -0.4 is 0 Å². The molecular weight excluding hydrogens is 417 g/mol. The molecule has 0 aliphatic rings. The zero-order valence-corrected chi connectivity index (χ0v) is 16.0. The van der Waals surface area contributed by atoms with E-state index >= 15 is 0 Å². The average Bonchev–Trinajstić information content (AvgIpc) is 3.01. The van der Waals surface area contributed by atoms with Gasteiger partial charge in [0, 0.05) is 12.5 Å². The third kappa shape index (κ3) is 6.39. The van der Waals surface area contributed by atoms with Crippen LogP contribution in [0.2, 0.25) is 0 Å². The van der Waals surface area contributed by atoms with Gasteiger partial charge in [0.1, 0.15) is 18.8 Å². The number of Topliss-reactive ketones (excluding diaryl/α,β-unsaturated/α-hetero) is 1. The van der Waals surface area contributed by atoms with Crippen LogP contribution in [0.3, 0.4) is 0 Å². The largest absolute Gasteiger partial charge is 0.389 e. The number of hydrogen-bond donors (Lipinski definition) is 0. The van der Waals surface area contributed by atoms with E-state index in [1.165, 1.54) is 18.2 Å². The summed E-state index contributed by atoms with van der Waals surface area (Å²) in [6, 6.07) is 7.97. The lowest BCUT2D eigenvalue weighted by Crippen LogP contribution is -2.18. The molecule has 12 heteroatoms. The van der Waals surface area contributed by atoms with Gasteiger partial charge < -0.3 is 10.1 Å². The Kier molecular flexibility index (Phi) is 6.80. The fraction of sp³-hybridized carbons (Fsp3) is 0.353. The fourth-order valence-corrected chi connectivity index (χ4v) is 3.29. The van der Waals surface area contributed by atoms with Crippen LogP contribution in [-0.4, -0.2) is 29.9 Å². The molecule has 0 aliphatic heterocycles. The predicted molar refractivity (Wildman–Crippen MR) is 94.5 cm³/mol. The summed E-state index contributed by atoms with van der Waals surface area (Å²) in [5.74, 6) is -1.44. The monoisotopic (exact) mass is 434 g/mol. The number of rotatable bonds is 9. The summed E-state index contributed by atoms with van der Waals surface area (Å²) in [6.07, 6.45) is -6.73. The predicted octanol–water partition coefficient (Wildman–Crippen LogP) is 3.52. The molecule has 1 heterocycles. The Labute approximate surface area is 164 Å². The summed E-state index contributed by atoms with van der Waals surface area (Å²) >= 11 is 0. The van der Waals surface area contributed by atoms with Crippen molar-refractivity contribution in [2.45, 2.75) is 44.0 Å². The number of aromatic nitrogens is 1. The molecule has 0 N–H and O–H groups in total. The highest BCUT2D eigenvalue weighted by Gasteiger charge is 2.29. The van der Waals surface area contributed by atoms with Crippen molar-refractivity contribution in [2.24, 2.45) is 0 Å². The number of nitro groups is 1. The lowest BCUT2D eigenvalue weighted by Gasteiger charge is -2.09. The van der Waals surface area contributed by atoms with Crippen LogP contribution in [0.5, 0.6) is 0 Å². The molecule has 0 fully saturated rings. The molecule has 8 nitrogen and oxygen atoms in total. The summed E-state index contributed by atoms with van der Waals surface area (Å²) in [4.78, 5) is 22.0. The Bertz CT molecular complexity index is 997. The van der Waals surface area contributed by atoms with Gasteiger partial charge in [-0.15, -0.1) is 0 Å². The summed E-state index contributed by atoms with van der Waals surface area (Å²) in [6.45, 7) is 0.429. The Hall–Kier alpha value is -2.73. The molecule has 0 saturated heterocycles. The van der Waals surface area contributed by atoms with Crippen LogP contribution in [0.15, 0.2) is 41.3 Å². The molecule has 1 aromatic heterocycles. The van der Waals surface area contributed by atoms with Crippen molar-refractivity contribution in [1.82, 2.24) is 4.57 Å². The minimum absolute atomic E-state index is 0.0345. The Morgan fingerprint density at radius 2 is 1.79 bits per heavy atom. The fourth-order valence-electron chi connectivity index (χ4n) is 2.41. The number of alkyl halides is 3. The number of halogens is 3. The van der Waals surface area contributed by atoms with Gasteiger partial charge in [0.15, 0.2) is 5.78 Å². The smallest absolute Gasteiger partial charge is 0.358 e. The molecule has 0 amide bonds. The SMILES string of the molecule is Cc1ccc(S(=O)(=O)OCc2ccc([N+](=O)[O-])n2CC(=O)CCC(F)(F)F)cc1. The summed E-state index contributed by atoms with van der Waals surface area (Å²) in [5, 5.41) is 11.1. The van der Waals surface area contributed by atoms with Gasteiger partial charge in [0.05, 0.1) is 11.3 Å². The van der Waals surface area contributed by atoms with Crippen molar-refractivity contribution >= 4 is 21.7 Å². The van der Waals surface area contributed by atoms with E-state index < -0.39 is 58.8 Å².